The first-order valence-corrected chi connectivity index (χ1v) is 4.46. The number of hydrogen-bond donors (Lipinski definition) is 1. The lowest BCUT2D eigenvalue weighted by Crippen LogP contribution is -2.42. The summed E-state index contributed by atoms with van der Waals surface area (Å²) in [6.45, 7) is 10.5. The highest BCUT2D eigenvalue weighted by Crippen LogP contribution is 1.97. The predicted molar refractivity (Wildman–Crippen MR) is 52.2 cm³/mol. The molecule has 0 saturated carbocycles. The SMILES string of the molecule is CC[N+](C)(CC)CC.N#CNC#N. The van der Waals surface area contributed by atoms with E-state index in [1.165, 1.54) is 36.5 Å². The van der Waals surface area contributed by atoms with E-state index in [-0.39, 0.29) is 0 Å². The Bertz CT molecular complexity index is 163. The summed E-state index contributed by atoms with van der Waals surface area (Å²) in [6, 6.07) is 0. The molecule has 0 bridgehead atoms. The number of rotatable bonds is 3. The van der Waals surface area contributed by atoms with Crippen LogP contribution in [-0.4, -0.2) is 31.2 Å². The van der Waals surface area contributed by atoms with Crippen LogP contribution in [0.1, 0.15) is 20.8 Å². The van der Waals surface area contributed by atoms with Crippen molar-refractivity contribution < 1.29 is 4.48 Å². The van der Waals surface area contributed by atoms with Crippen LogP contribution in [0.15, 0.2) is 0 Å². The van der Waals surface area contributed by atoms with Gasteiger partial charge in [-0.3, -0.25) is 0 Å². The van der Waals surface area contributed by atoms with Crippen LogP contribution in [0.4, 0.5) is 0 Å². The van der Waals surface area contributed by atoms with Crippen LogP contribution in [0.3, 0.4) is 0 Å². The molecule has 0 rings (SSSR count). The van der Waals surface area contributed by atoms with Gasteiger partial charge in [-0.05, 0) is 20.8 Å². The molecule has 0 aliphatic carbocycles. The molecule has 0 amide bonds. The number of nitrogens with zero attached hydrogens (tertiary/aromatic N) is 3. The molecule has 1 N–H and O–H groups in total. The van der Waals surface area contributed by atoms with Crippen molar-refractivity contribution in [2.24, 2.45) is 0 Å². The van der Waals surface area contributed by atoms with Gasteiger partial charge in [0.2, 0.25) is 0 Å². The summed E-state index contributed by atoms with van der Waals surface area (Å²) in [7, 11) is 2.29. The number of nitriles is 2. The first-order chi connectivity index (χ1) is 6.10. The molecule has 74 valence electrons. The van der Waals surface area contributed by atoms with Crippen molar-refractivity contribution in [3.05, 3.63) is 0 Å². The summed E-state index contributed by atoms with van der Waals surface area (Å²) < 4.78 is 1.21. The van der Waals surface area contributed by atoms with Crippen LogP contribution < -0.4 is 5.32 Å². The van der Waals surface area contributed by atoms with Crippen molar-refractivity contribution in [1.82, 2.24) is 5.32 Å². The molecule has 0 heterocycles. The van der Waals surface area contributed by atoms with E-state index in [4.69, 9.17) is 10.5 Å². The first-order valence-electron chi connectivity index (χ1n) is 4.46. The number of hydrogen-bond acceptors (Lipinski definition) is 3. The Morgan fingerprint density at radius 1 is 1.00 bits per heavy atom. The van der Waals surface area contributed by atoms with Gasteiger partial charge in [0, 0.05) is 0 Å². The Hall–Kier alpha value is -1.26. The second-order valence-electron chi connectivity index (χ2n) is 2.92. The first kappa shape index (κ1) is 14.3. The zero-order chi connectivity index (χ0) is 10.7. The summed E-state index contributed by atoms with van der Waals surface area (Å²) in [5.74, 6) is 0. The molecule has 0 atom stereocenters. The van der Waals surface area contributed by atoms with Crippen molar-refractivity contribution in [2.45, 2.75) is 20.8 Å². The van der Waals surface area contributed by atoms with Crippen LogP contribution >= 0.6 is 0 Å². The molecule has 4 heteroatoms. The van der Waals surface area contributed by atoms with E-state index >= 15 is 0 Å². The lowest BCUT2D eigenvalue weighted by atomic mass is 10.4. The summed E-state index contributed by atoms with van der Waals surface area (Å²) in [5, 5.41) is 16.7. The summed E-state index contributed by atoms with van der Waals surface area (Å²) in [5.41, 5.74) is 0. The van der Waals surface area contributed by atoms with Crippen LogP contribution in [-0.2, 0) is 0 Å². The smallest absolute Gasteiger partial charge is 0.190 e. The van der Waals surface area contributed by atoms with E-state index in [1.54, 1.807) is 5.32 Å². The Morgan fingerprint density at radius 2 is 1.31 bits per heavy atom. The lowest BCUT2D eigenvalue weighted by molar-refractivity contribution is -0.904. The zero-order valence-electron chi connectivity index (χ0n) is 8.96. The average Bonchev–Trinajstić information content (AvgIpc) is 2.19. The lowest BCUT2D eigenvalue weighted by Gasteiger charge is -2.30. The third-order valence-electron chi connectivity index (χ3n) is 2.40. The molecule has 13 heavy (non-hydrogen) atoms. The highest BCUT2D eigenvalue weighted by molar-refractivity contribution is 4.77. The minimum absolute atomic E-state index is 1.21. The summed E-state index contributed by atoms with van der Waals surface area (Å²) in [6.07, 6.45) is 2.81. The van der Waals surface area contributed by atoms with E-state index in [0.717, 1.165) is 0 Å². The van der Waals surface area contributed by atoms with Crippen LogP contribution in [0.5, 0.6) is 0 Å². The Morgan fingerprint density at radius 3 is 1.31 bits per heavy atom. The highest BCUT2D eigenvalue weighted by Gasteiger charge is 2.10. The fourth-order valence-corrected chi connectivity index (χ4v) is 0.696. The van der Waals surface area contributed by atoms with E-state index < -0.39 is 0 Å². The summed E-state index contributed by atoms with van der Waals surface area (Å²) in [4.78, 5) is 0. The molecule has 0 aromatic heterocycles. The fourth-order valence-electron chi connectivity index (χ4n) is 0.696. The number of quaternary nitrogens is 1. The van der Waals surface area contributed by atoms with Gasteiger partial charge in [-0.15, -0.1) is 0 Å². The van der Waals surface area contributed by atoms with E-state index in [0.29, 0.717) is 0 Å². The molecule has 4 nitrogen and oxygen atoms in total. The third-order valence-corrected chi connectivity index (χ3v) is 2.40. The second kappa shape index (κ2) is 8.83. The van der Waals surface area contributed by atoms with Gasteiger partial charge in [0.15, 0.2) is 12.4 Å². The predicted octanol–water partition coefficient (Wildman–Crippen LogP) is 1.03. The van der Waals surface area contributed by atoms with Gasteiger partial charge in [-0.2, -0.15) is 10.5 Å². The quantitative estimate of drug-likeness (QED) is 0.404. The maximum Gasteiger partial charge on any atom is 0.190 e. The topological polar surface area (TPSA) is 59.6 Å². The maximum absolute atomic E-state index is 7.48. The van der Waals surface area contributed by atoms with Gasteiger partial charge in [0.25, 0.3) is 0 Å². The van der Waals surface area contributed by atoms with Crippen molar-refractivity contribution >= 4 is 0 Å². The Labute approximate surface area is 81.0 Å². The van der Waals surface area contributed by atoms with Crippen molar-refractivity contribution in [3.8, 4) is 12.4 Å². The third kappa shape index (κ3) is 8.65. The van der Waals surface area contributed by atoms with Gasteiger partial charge >= 0.3 is 0 Å². The summed E-state index contributed by atoms with van der Waals surface area (Å²) >= 11 is 0. The zero-order valence-corrected chi connectivity index (χ0v) is 8.96. The molecule has 0 saturated heterocycles. The fraction of sp³-hybridized carbons (Fsp3) is 0.778. The molecular weight excluding hydrogens is 164 g/mol. The Balaban J connectivity index is 0. The van der Waals surface area contributed by atoms with Gasteiger partial charge in [0.05, 0.1) is 26.7 Å². The standard InChI is InChI=1S/C7H18N.C2HN3/c1-5-8(4,6-2)7-3;3-1-5-2-4/h5-7H2,1-4H3;5H/q+1;. The largest absolute Gasteiger partial charge is 0.327 e. The second-order valence-corrected chi connectivity index (χ2v) is 2.92. The van der Waals surface area contributed by atoms with Gasteiger partial charge in [0.1, 0.15) is 0 Å². The van der Waals surface area contributed by atoms with Crippen molar-refractivity contribution in [2.75, 3.05) is 26.7 Å². The molecule has 0 unspecified atom stereocenters. The average molecular weight is 183 g/mol. The van der Waals surface area contributed by atoms with Gasteiger partial charge in [-0.1, -0.05) is 0 Å². The molecule has 0 aromatic carbocycles. The highest BCUT2D eigenvalue weighted by atomic mass is 15.3. The molecular formula is C9H19N4+. The molecule has 0 spiro atoms. The van der Waals surface area contributed by atoms with Crippen molar-refractivity contribution in [3.63, 3.8) is 0 Å². The van der Waals surface area contributed by atoms with Crippen LogP contribution in [0, 0.1) is 22.9 Å². The van der Waals surface area contributed by atoms with Crippen LogP contribution in [0.2, 0.25) is 0 Å². The monoisotopic (exact) mass is 183 g/mol. The Kier molecular flexibility index (Phi) is 9.70. The van der Waals surface area contributed by atoms with E-state index in [2.05, 4.69) is 27.8 Å². The maximum atomic E-state index is 7.48. The minimum Gasteiger partial charge on any atom is -0.327 e. The van der Waals surface area contributed by atoms with Gasteiger partial charge in [-0.25, -0.2) is 5.32 Å². The molecule has 0 aliphatic heterocycles. The normalized spacial score (nSPS) is 8.77. The van der Waals surface area contributed by atoms with Crippen LogP contribution in [0.25, 0.3) is 0 Å². The minimum atomic E-state index is 1.21. The molecule has 0 radical (unpaired) electrons. The molecule has 0 aromatic rings. The molecule has 0 aliphatic rings. The molecule has 0 fully saturated rings. The van der Waals surface area contributed by atoms with E-state index in [1.807, 2.05) is 0 Å². The number of nitrogens with one attached hydrogen (secondary N) is 1. The van der Waals surface area contributed by atoms with Crippen molar-refractivity contribution in [1.29, 1.82) is 10.5 Å². The van der Waals surface area contributed by atoms with E-state index in [9.17, 15) is 0 Å². The van der Waals surface area contributed by atoms with Gasteiger partial charge < -0.3 is 4.48 Å².